The van der Waals surface area contributed by atoms with Gasteiger partial charge in [-0.3, -0.25) is 0 Å². The van der Waals surface area contributed by atoms with Crippen molar-refractivity contribution >= 4 is 17.0 Å². The van der Waals surface area contributed by atoms with Crippen molar-refractivity contribution in [3.63, 3.8) is 0 Å². The summed E-state index contributed by atoms with van der Waals surface area (Å²) in [6.07, 6.45) is -7.29. The normalized spacial score (nSPS) is 17.6. The molecule has 1 aliphatic rings. The zero-order valence-corrected chi connectivity index (χ0v) is 15.7. The fourth-order valence-electron chi connectivity index (χ4n) is 2.83. The highest BCUT2D eigenvalue weighted by atomic mass is 19.4. The lowest BCUT2D eigenvalue weighted by Crippen LogP contribution is -2.32. The number of halogens is 5. The highest BCUT2D eigenvalue weighted by Crippen LogP contribution is 2.34. The van der Waals surface area contributed by atoms with Crippen LogP contribution in [-0.2, 0) is 6.54 Å². The molecule has 1 fully saturated rings. The highest BCUT2D eigenvalue weighted by Gasteiger charge is 2.41. The van der Waals surface area contributed by atoms with Gasteiger partial charge in [-0.05, 0) is 13.8 Å². The molecule has 1 saturated heterocycles. The Hall–Kier alpha value is -3.13. The molecule has 3 aromatic heterocycles. The Morgan fingerprint density at radius 3 is 2.57 bits per heavy atom. The summed E-state index contributed by atoms with van der Waals surface area (Å²) in [5, 5.41) is 15.6. The minimum Gasteiger partial charge on any atom is -0.451 e. The van der Waals surface area contributed by atoms with E-state index in [-0.39, 0.29) is 30.1 Å². The van der Waals surface area contributed by atoms with Crippen molar-refractivity contribution in [1.82, 2.24) is 35.3 Å². The van der Waals surface area contributed by atoms with E-state index in [0.717, 1.165) is 11.7 Å². The first-order valence-corrected chi connectivity index (χ1v) is 8.79. The molecule has 0 radical (unpaired) electrons. The van der Waals surface area contributed by atoms with E-state index in [2.05, 4.69) is 35.1 Å². The molecule has 0 spiro atoms. The molecular weight excluding hydrogens is 419 g/mol. The van der Waals surface area contributed by atoms with Gasteiger partial charge in [-0.25, -0.2) is 13.4 Å². The van der Waals surface area contributed by atoms with Crippen molar-refractivity contribution in [3.05, 3.63) is 11.4 Å². The Bertz CT molecular complexity index is 1070. The van der Waals surface area contributed by atoms with Crippen molar-refractivity contribution in [1.29, 1.82) is 0 Å². The molecule has 15 heteroatoms. The number of ether oxygens (including phenoxy) is 1. The van der Waals surface area contributed by atoms with Crippen molar-refractivity contribution in [2.45, 2.75) is 45.0 Å². The maximum Gasteiger partial charge on any atom is 0.425 e. The monoisotopic (exact) mass is 434 g/mol. The van der Waals surface area contributed by atoms with Gasteiger partial charge in [0.15, 0.2) is 17.4 Å². The van der Waals surface area contributed by atoms with Crippen molar-refractivity contribution in [2.24, 2.45) is 0 Å². The standard InChI is InChI=1S/C15H15F5N8O2/c1-7-9(26-30-25-7)5-28-23-10-11(24-28)21-13(29-8(2)15(18,19)20)22-12(10)27-4-3-14(16,17)6-27/h8H,3-6H2,1-2H3/t8-/m0/s1. The smallest absolute Gasteiger partial charge is 0.425 e. The molecule has 0 bridgehead atoms. The van der Waals surface area contributed by atoms with Crippen LogP contribution in [0.3, 0.4) is 0 Å². The average Bonchev–Trinajstić information content (AvgIpc) is 3.32. The van der Waals surface area contributed by atoms with Gasteiger partial charge in [0.25, 0.3) is 5.92 Å². The maximum absolute atomic E-state index is 13.7. The summed E-state index contributed by atoms with van der Waals surface area (Å²) in [6.45, 7) is 1.74. The van der Waals surface area contributed by atoms with E-state index in [0.29, 0.717) is 11.4 Å². The molecule has 0 aromatic carbocycles. The number of rotatable bonds is 5. The van der Waals surface area contributed by atoms with Gasteiger partial charge in [0.1, 0.15) is 17.9 Å². The lowest BCUT2D eigenvalue weighted by atomic mass is 10.3. The van der Waals surface area contributed by atoms with E-state index in [1.807, 2.05) is 0 Å². The third kappa shape index (κ3) is 3.95. The summed E-state index contributed by atoms with van der Waals surface area (Å²) in [5.41, 5.74) is 0.854. The number of aryl methyl sites for hydroxylation is 1. The largest absolute Gasteiger partial charge is 0.451 e. The van der Waals surface area contributed by atoms with E-state index >= 15 is 0 Å². The first-order chi connectivity index (χ1) is 14.0. The number of nitrogens with zero attached hydrogens (tertiary/aromatic N) is 8. The molecule has 0 unspecified atom stereocenters. The third-order valence-electron chi connectivity index (χ3n) is 4.50. The summed E-state index contributed by atoms with van der Waals surface area (Å²) in [5.74, 6) is -3.04. The summed E-state index contributed by atoms with van der Waals surface area (Å²) >= 11 is 0. The summed E-state index contributed by atoms with van der Waals surface area (Å²) in [6, 6.07) is -0.635. The topological polar surface area (TPSA) is 108 Å². The van der Waals surface area contributed by atoms with Crippen molar-refractivity contribution < 1.29 is 31.3 Å². The molecule has 0 N–H and O–H groups in total. The second-order valence-corrected chi connectivity index (χ2v) is 6.86. The summed E-state index contributed by atoms with van der Waals surface area (Å²) in [7, 11) is 0. The van der Waals surface area contributed by atoms with Crippen LogP contribution < -0.4 is 9.64 Å². The van der Waals surface area contributed by atoms with Gasteiger partial charge in [0, 0.05) is 13.0 Å². The Kier molecular flexibility index (Phi) is 4.69. The van der Waals surface area contributed by atoms with E-state index in [4.69, 9.17) is 4.74 Å². The summed E-state index contributed by atoms with van der Waals surface area (Å²) in [4.78, 5) is 10.2. The van der Waals surface area contributed by atoms with Crippen molar-refractivity contribution in [3.8, 4) is 6.01 Å². The first-order valence-electron chi connectivity index (χ1n) is 8.79. The van der Waals surface area contributed by atoms with E-state index in [1.54, 1.807) is 6.92 Å². The second kappa shape index (κ2) is 6.98. The van der Waals surface area contributed by atoms with Crippen LogP contribution in [0.5, 0.6) is 6.01 Å². The van der Waals surface area contributed by atoms with Gasteiger partial charge < -0.3 is 9.64 Å². The van der Waals surface area contributed by atoms with Gasteiger partial charge in [-0.1, -0.05) is 10.3 Å². The lowest BCUT2D eigenvalue weighted by molar-refractivity contribution is -0.190. The lowest BCUT2D eigenvalue weighted by Gasteiger charge is -2.19. The maximum atomic E-state index is 13.7. The predicted octanol–water partition coefficient (Wildman–Crippen LogP) is 2.14. The zero-order valence-electron chi connectivity index (χ0n) is 15.7. The van der Waals surface area contributed by atoms with Gasteiger partial charge in [-0.15, -0.1) is 10.2 Å². The van der Waals surface area contributed by atoms with Crippen LogP contribution in [0.4, 0.5) is 27.8 Å². The fourth-order valence-corrected chi connectivity index (χ4v) is 2.83. The molecule has 1 atom stereocenters. The molecule has 0 aliphatic carbocycles. The number of aromatic nitrogens is 7. The van der Waals surface area contributed by atoms with Crippen molar-refractivity contribution in [2.75, 3.05) is 18.0 Å². The summed E-state index contributed by atoms with van der Waals surface area (Å²) < 4.78 is 75.4. The molecule has 1 aliphatic heterocycles. The van der Waals surface area contributed by atoms with Crippen LogP contribution in [0.25, 0.3) is 11.2 Å². The molecule has 4 rings (SSSR count). The van der Waals surface area contributed by atoms with E-state index in [1.165, 1.54) is 4.90 Å². The minimum absolute atomic E-state index is 0.0242. The molecule has 0 saturated carbocycles. The quantitative estimate of drug-likeness (QED) is 0.558. The van der Waals surface area contributed by atoms with Crippen LogP contribution in [0.15, 0.2) is 4.63 Å². The second-order valence-electron chi connectivity index (χ2n) is 6.86. The highest BCUT2D eigenvalue weighted by molar-refractivity contribution is 5.83. The van der Waals surface area contributed by atoms with Crippen LogP contribution in [0.2, 0.25) is 0 Å². The number of hydrogen-bond donors (Lipinski definition) is 0. The number of fused-ring (bicyclic) bond motifs is 1. The molecule has 10 nitrogen and oxygen atoms in total. The van der Waals surface area contributed by atoms with Gasteiger partial charge in [0.05, 0.1) is 6.54 Å². The molecular formula is C15H15F5N8O2. The molecule has 30 heavy (non-hydrogen) atoms. The van der Waals surface area contributed by atoms with E-state index < -0.39 is 37.2 Å². The SMILES string of the molecule is Cc1nonc1Cn1nc2nc(O[C@@H](C)C(F)(F)F)nc(N3CCC(F)(F)C3)c2n1. The molecule has 162 valence electrons. The number of hydrogen-bond acceptors (Lipinski definition) is 9. The fraction of sp³-hybridized carbons (Fsp3) is 0.600. The van der Waals surface area contributed by atoms with Crippen LogP contribution >= 0.6 is 0 Å². The minimum atomic E-state index is -4.66. The van der Waals surface area contributed by atoms with Gasteiger partial charge in [-0.2, -0.15) is 27.9 Å². The number of anilines is 1. The molecule has 0 amide bonds. The van der Waals surface area contributed by atoms with E-state index in [9.17, 15) is 22.0 Å². The number of alkyl halides is 5. The Morgan fingerprint density at radius 1 is 1.20 bits per heavy atom. The van der Waals surface area contributed by atoms with Crippen LogP contribution in [0.1, 0.15) is 24.7 Å². The Labute approximate surface area is 165 Å². The molecule has 3 aromatic rings. The van der Waals surface area contributed by atoms with Gasteiger partial charge >= 0.3 is 12.2 Å². The zero-order chi connectivity index (χ0) is 21.7. The first kappa shape index (κ1) is 20.2. The van der Waals surface area contributed by atoms with Crippen LogP contribution in [-0.4, -0.2) is 66.6 Å². The Balaban J connectivity index is 1.74. The van der Waals surface area contributed by atoms with Gasteiger partial charge in [0.2, 0.25) is 5.65 Å². The van der Waals surface area contributed by atoms with Crippen LogP contribution in [0, 0.1) is 6.92 Å². The average molecular weight is 434 g/mol. The predicted molar refractivity (Wildman–Crippen MR) is 89.2 cm³/mol. The Morgan fingerprint density at radius 2 is 1.97 bits per heavy atom. The molecule has 4 heterocycles. The third-order valence-corrected chi connectivity index (χ3v) is 4.50.